The minimum Gasteiger partial charge on any atom is -0.379 e. The van der Waals surface area contributed by atoms with Crippen LogP contribution in [0, 0.1) is 5.82 Å². The summed E-state index contributed by atoms with van der Waals surface area (Å²) in [6.45, 7) is 4.47. The molecule has 7 nitrogen and oxygen atoms in total. The molecule has 1 amide bonds. The van der Waals surface area contributed by atoms with E-state index in [2.05, 4.69) is 20.7 Å². The number of oxime groups is 1. The highest BCUT2D eigenvalue weighted by Gasteiger charge is 2.42. The van der Waals surface area contributed by atoms with E-state index in [-0.39, 0.29) is 18.1 Å². The number of anilines is 1. The molecule has 0 bridgehead atoms. The van der Waals surface area contributed by atoms with Crippen LogP contribution < -0.4 is 5.32 Å². The summed E-state index contributed by atoms with van der Waals surface area (Å²) in [6, 6.07) is 5.89. The molecule has 0 saturated heterocycles. The number of hydrogen-bond acceptors (Lipinski definition) is 7. The lowest BCUT2D eigenvalue weighted by Gasteiger charge is -2.19. The Morgan fingerprint density at radius 1 is 1.40 bits per heavy atom. The molecule has 0 spiro atoms. The Bertz CT molecular complexity index is 793. The van der Waals surface area contributed by atoms with Gasteiger partial charge in [0.05, 0.1) is 5.71 Å². The number of amides is 1. The molecule has 0 saturated carbocycles. The lowest BCUT2D eigenvalue weighted by molar-refractivity contribution is -0.135. The van der Waals surface area contributed by atoms with Crippen LogP contribution in [0.4, 0.5) is 9.52 Å². The number of carbonyl (C=O) groups excluding carboxylic acids is 1. The van der Waals surface area contributed by atoms with E-state index in [4.69, 9.17) is 9.57 Å². The lowest BCUT2D eigenvalue weighted by Crippen LogP contribution is -2.40. The first-order valence-corrected chi connectivity index (χ1v) is 8.54. The van der Waals surface area contributed by atoms with E-state index in [9.17, 15) is 9.18 Å². The molecule has 0 radical (unpaired) electrons. The van der Waals surface area contributed by atoms with E-state index in [1.165, 1.54) is 23.5 Å². The molecule has 0 aliphatic carbocycles. The van der Waals surface area contributed by atoms with Crippen molar-refractivity contribution in [1.82, 2.24) is 10.2 Å². The Morgan fingerprint density at radius 3 is 2.88 bits per heavy atom. The van der Waals surface area contributed by atoms with Crippen LogP contribution in [0.3, 0.4) is 0 Å². The third-order valence-corrected chi connectivity index (χ3v) is 4.45. The van der Waals surface area contributed by atoms with Gasteiger partial charge in [-0.15, -0.1) is 10.2 Å². The van der Waals surface area contributed by atoms with E-state index in [0.29, 0.717) is 34.6 Å². The van der Waals surface area contributed by atoms with Crippen LogP contribution in [0.15, 0.2) is 29.4 Å². The Labute approximate surface area is 147 Å². The molecule has 0 fully saturated rings. The van der Waals surface area contributed by atoms with Crippen LogP contribution in [-0.2, 0) is 21.0 Å². The first kappa shape index (κ1) is 17.4. The van der Waals surface area contributed by atoms with Crippen molar-refractivity contribution in [3.63, 3.8) is 0 Å². The SMILES string of the molecule is CCOCc1nnc(NC(=O)[C@]2(C)CC(c3ccc(F)cc3)=NO2)s1. The van der Waals surface area contributed by atoms with E-state index < -0.39 is 5.60 Å². The number of hydrogen-bond donors (Lipinski definition) is 1. The van der Waals surface area contributed by atoms with Gasteiger partial charge < -0.3 is 9.57 Å². The van der Waals surface area contributed by atoms with Crippen molar-refractivity contribution in [2.45, 2.75) is 32.5 Å². The highest BCUT2D eigenvalue weighted by atomic mass is 32.1. The predicted octanol–water partition coefficient (Wildman–Crippen LogP) is 2.74. The number of aromatic nitrogens is 2. The van der Waals surface area contributed by atoms with Crippen LogP contribution in [0.25, 0.3) is 0 Å². The van der Waals surface area contributed by atoms with Gasteiger partial charge in [0.25, 0.3) is 5.91 Å². The quantitative estimate of drug-likeness (QED) is 0.852. The van der Waals surface area contributed by atoms with Crippen LogP contribution in [0.5, 0.6) is 0 Å². The summed E-state index contributed by atoms with van der Waals surface area (Å²) in [5.41, 5.74) is 0.148. The van der Waals surface area contributed by atoms with Gasteiger partial charge in [0, 0.05) is 13.0 Å². The molecule has 1 aromatic carbocycles. The fourth-order valence-electron chi connectivity index (χ4n) is 2.24. The maximum absolute atomic E-state index is 13.0. The van der Waals surface area contributed by atoms with Crippen molar-refractivity contribution in [3.05, 3.63) is 40.7 Å². The fraction of sp³-hybridized carbons (Fsp3) is 0.375. The second kappa shape index (κ2) is 7.24. The smallest absolute Gasteiger partial charge is 0.273 e. The number of benzene rings is 1. The molecule has 0 unspecified atom stereocenters. The number of ether oxygens (including phenoxy) is 1. The van der Waals surface area contributed by atoms with Gasteiger partial charge in [0.1, 0.15) is 17.4 Å². The number of halogens is 1. The Hall–Kier alpha value is -2.39. The van der Waals surface area contributed by atoms with Crippen LogP contribution >= 0.6 is 11.3 Å². The molecule has 1 aliphatic heterocycles. The molecule has 132 valence electrons. The first-order valence-electron chi connectivity index (χ1n) is 7.73. The molecule has 2 aromatic rings. The average molecular weight is 364 g/mol. The van der Waals surface area contributed by atoms with E-state index in [0.717, 1.165) is 0 Å². The molecular weight excluding hydrogens is 347 g/mol. The third-order valence-electron chi connectivity index (χ3n) is 3.64. The third kappa shape index (κ3) is 3.99. The maximum Gasteiger partial charge on any atom is 0.273 e. The van der Waals surface area contributed by atoms with E-state index in [1.807, 2.05) is 6.92 Å². The molecule has 9 heteroatoms. The molecule has 3 rings (SSSR count). The zero-order valence-electron chi connectivity index (χ0n) is 13.8. The largest absolute Gasteiger partial charge is 0.379 e. The normalized spacial score (nSPS) is 19.4. The summed E-state index contributed by atoms with van der Waals surface area (Å²) in [4.78, 5) is 17.9. The van der Waals surface area contributed by atoms with Gasteiger partial charge in [-0.1, -0.05) is 28.6 Å². The lowest BCUT2D eigenvalue weighted by atomic mass is 9.95. The Morgan fingerprint density at radius 2 is 2.16 bits per heavy atom. The Balaban J connectivity index is 1.62. The minimum atomic E-state index is -1.16. The van der Waals surface area contributed by atoms with Gasteiger partial charge in [-0.2, -0.15) is 0 Å². The van der Waals surface area contributed by atoms with E-state index >= 15 is 0 Å². The van der Waals surface area contributed by atoms with Gasteiger partial charge in [-0.05, 0) is 31.5 Å². The highest BCUT2D eigenvalue weighted by molar-refractivity contribution is 7.15. The number of carbonyl (C=O) groups is 1. The zero-order valence-corrected chi connectivity index (χ0v) is 14.6. The van der Waals surface area contributed by atoms with Crippen molar-refractivity contribution in [3.8, 4) is 0 Å². The monoisotopic (exact) mass is 364 g/mol. The van der Waals surface area contributed by atoms with Crippen molar-refractivity contribution in [2.75, 3.05) is 11.9 Å². The summed E-state index contributed by atoms with van der Waals surface area (Å²) in [5.74, 6) is -0.699. The summed E-state index contributed by atoms with van der Waals surface area (Å²) >= 11 is 1.24. The second-order valence-corrected chi connectivity index (χ2v) is 6.70. The van der Waals surface area contributed by atoms with Crippen molar-refractivity contribution in [2.24, 2.45) is 5.16 Å². The first-order chi connectivity index (χ1) is 12.0. The number of nitrogens with one attached hydrogen (secondary N) is 1. The summed E-state index contributed by atoms with van der Waals surface area (Å²) in [7, 11) is 0. The summed E-state index contributed by atoms with van der Waals surface area (Å²) in [5, 5.41) is 15.6. The standard InChI is InChI=1S/C16H17FN4O3S/c1-3-23-9-13-19-20-15(25-13)18-14(22)16(2)8-12(21-24-16)10-4-6-11(17)7-5-10/h4-7H,3,8-9H2,1-2H3,(H,18,20,22)/t16-/m0/s1. The average Bonchev–Trinajstić information content (AvgIpc) is 3.21. The number of rotatable bonds is 6. The van der Waals surface area contributed by atoms with Crippen LogP contribution in [0.1, 0.15) is 30.8 Å². The van der Waals surface area contributed by atoms with Crippen molar-refractivity contribution < 1.29 is 18.8 Å². The zero-order chi connectivity index (χ0) is 17.9. The molecular formula is C16H17FN4O3S. The van der Waals surface area contributed by atoms with Crippen LogP contribution in [0.2, 0.25) is 0 Å². The highest BCUT2D eigenvalue weighted by Crippen LogP contribution is 2.28. The predicted molar refractivity (Wildman–Crippen MR) is 90.9 cm³/mol. The molecule has 1 aromatic heterocycles. The maximum atomic E-state index is 13.0. The van der Waals surface area contributed by atoms with Gasteiger partial charge in [0.15, 0.2) is 0 Å². The minimum absolute atomic E-state index is 0.273. The van der Waals surface area contributed by atoms with Gasteiger partial charge in [-0.3, -0.25) is 10.1 Å². The molecule has 1 aliphatic rings. The van der Waals surface area contributed by atoms with Crippen molar-refractivity contribution >= 4 is 28.1 Å². The Kier molecular flexibility index (Phi) is 5.05. The molecule has 2 heterocycles. The molecule has 1 atom stereocenters. The molecule has 25 heavy (non-hydrogen) atoms. The van der Waals surface area contributed by atoms with Crippen molar-refractivity contribution in [1.29, 1.82) is 0 Å². The second-order valence-electron chi connectivity index (χ2n) is 5.64. The summed E-state index contributed by atoms with van der Waals surface area (Å²) < 4.78 is 18.3. The summed E-state index contributed by atoms with van der Waals surface area (Å²) in [6.07, 6.45) is 0.273. The van der Waals surface area contributed by atoms with Gasteiger partial charge >= 0.3 is 0 Å². The number of nitrogens with zero attached hydrogens (tertiary/aromatic N) is 3. The van der Waals surface area contributed by atoms with Gasteiger partial charge in [-0.25, -0.2) is 4.39 Å². The fourth-order valence-corrected chi connectivity index (χ4v) is 2.91. The topological polar surface area (TPSA) is 85.7 Å². The molecule has 1 N–H and O–H groups in total. The van der Waals surface area contributed by atoms with Crippen LogP contribution in [-0.4, -0.2) is 34.0 Å². The van der Waals surface area contributed by atoms with Gasteiger partial charge in [0.2, 0.25) is 10.7 Å². The van der Waals surface area contributed by atoms with E-state index in [1.54, 1.807) is 19.1 Å².